The second kappa shape index (κ2) is 2.27. The SMILES string of the molecule is CC(C)C(C)(N)C=N. The Bertz CT molecular complexity index is 84.5. The summed E-state index contributed by atoms with van der Waals surface area (Å²) < 4.78 is 0. The molecule has 3 N–H and O–H groups in total. The Morgan fingerprint density at radius 2 is 2.00 bits per heavy atom. The van der Waals surface area contributed by atoms with E-state index in [4.69, 9.17) is 11.1 Å². The van der Waals surface area contributed by atoms with Crippen LogP contribution in [-0.4, -0.2) is 11.8 Å². The molecule has 2 nitrogen and oxygen atoms in total. The Balaban J connectivity index is 3.90. The first kappa shape index (κ1) is 7.63. The topological polar surface area (TPSA) is 49.9 Å². The van der Waals surface area contributed by atoms with E-state index in [0.717, 1.165) is 0 Å². The van der Waals surface area contributed by atoms with E-state index < -0.39 is 5.54 Å². The fourth-order valence-corrected chi connectivity index (χ4v) is 0.167. The van der Waals surface area contributed by atoms with E-state index in [2.05, 4.69) is 0 Å². The van der Waals surface area contributed by atoms with Crippen LogP contribution in [0.1, 0.15) is 20.8 Å². The first-order valence-corrected chi connectivity index (χ1v) is 2.81. The molecule has 1 atom stereocenters. The second-order valence-corrected chi connectivity index (χ2v) is 2.67. The minimum absolute atomic E-state index is 0.347. The second-order valence-electron chi connectivity index (χ2n) is 2.67. The quantitative estimate of drug-likeness (QED) is 0.517. The third-order valence-electron chi connectivity index (χ3n) is 1.56. The summed E-state index contributed by atoms with van der Waals surface area (Å²) in [4.78, 5) is 0. The molecular formula is C6H14N2. The van der Waals surface area contributed by atoms with Crippen LogP contribution in [0.15, 0.2) is 0 Å². The zero-order chi connectivity index (χ0) is 6.78. The van der Waals surface area contributed by atoms with E-state index in [9.17, 15) is 0 Å². The fourth-order valence-electron chi connectivity index (χ4n) is 0.167. The summed E-state index contributed by atoms with van der Waals surface area (Å²) in [5, 5.41) is 6.89. The van der Waals surface area contributed by atoms with Crippen LogP contribution < -0.4 is 5.73 Å². The number of nitrogens with one attached hydrogen (secondary N) is 1. The van der Waals surface area contributed by atoms with E-state index in [1.807, 2.05) is 20.8 Å². The lowest BCUT2D eigenvalue weighted by molar-refractivity contribution is 0.455. The molecule has 0 fully saturated rings. The molecule has 1 unspecified atom stereocenters. The Morgan fingerprint density at radius 1 is 1.62 bits per heavy atom. The highest BCUT2D eigenvalue weighted by Gasteiger charge is 2.18. The fraction of sp³-hybridized carbons (Fsp3) is 0.833. The van der Waals surface area contributed by atoms with Crippen LogP contribution in [0.5, 0.6) is 0 Å². The smallest absolute Gasteiger partial charge is 0.0501 e. The Morgan fingerprint density at radius 3 is 2.00 bits per heavy atom. The standard InChI is InChI=1S/C6H14N2/c1-5(2)6(3,8)4-7/h4-5,7H,8H2,1-3H3. The zero-order valence-corrected chi connectivity index (χ0v) is 5.73. The molecule has 0 aliphatic heterocycles. The average Bonchev–Trinajstić information content (AvgIpc) is 1.67. The highest BCUT2D eigenvalue weighted by atomic mass is 14.7. The molecule has 0 amide bonds. The Hall–Kier alpha value is -0.370. The van der Waals surface area contributed by atoms with Crippen LogP contribution in [0, 0.1) is 11.3 Å². The number of hydrogen-bond donors (Lipinski definition) is 2. The van der Waals surface area contributed by atoms with Crippen molar-refractivity contribution in [3.63, 3.8) is 0 Å². The summed E-state index contributed by atoms with van der Waals surface area (Å²) in [6, 6.07) is 0. The molecule has 0 aromatic carbocycles. The van der Waals surface area contributed by atoms with Crippen LogP contribution >= 0.6 is 0 Å². The van der Waals surface area contributed by atoms with Crippen molar-refractivity contribution in [2.24, 2.45) is 11.7 Å². The Kier molecular flexibility index (Phi) is 2.16. The molecule has 0 saturated carbocycles. The molecule has 0 aromatic rings. The minimum Gasteiger partial charge on any atom is -0.321 e. The van der Waals surface area contributed by atoms with Gasteiger partial charge in [0, 0.05) is 6.21 Å². The van der Waals surface area contributed by atoms with E-state index in [-0.39, 0.29) is 0 Å². The highest BCUT2D eigenvalue weighted by Crippen LogP contribution is 2.08. The molecule has 0 aliphatic rings. The van der Waals surface area contributed by atoms with Gasteiger partial charge < -0.3 is 11.1 Å². The summed E-state index contributed by atoms with van der Waals surface area (Å²) in [5.41, 5.74) is 5.20. The monoisotopic (exact) mass is 114 g/mol. The number of hydrogen-bond acceptors (Lipinski definition) is 2. The molecule has 0 aliphatic carbocycles. The maximum Gasteiger partial charge on any atom is 0.0501 e. The summed E-state index contributed by atoms with van der Waals surface area (Å²) in [6.45, 7) is 5.86. The van der Waals surface area contributed by atoms with Crippen LogP contribution in [0.2, 0.25) is 0 Å². The lowest BCUT2D eigenvalue weighted by Crippen LogP contribution is -2.42. The van der Waals surface area contributed by atoms with Crippen molar-refractivity contribution in [3.05, 3.63) is 0 Å². The lowest BCUT2D eigenvalue weighted by Gasteiger charge is -2.22. The van der Waals surface area contributed by atoms with Gasteiger partial charge in [0.05, 0.1) is 5.54 Å². The third kappa shape index (κ3) is 1.62. The maximum atomic E-state index is 6.89. The van der Waals surface area contributed by atoms with Crippen molar-refractivity contribution in [2.75, 3.05) is 0 Å². The van der Waals surface area contributed by atoms with Gasteiger partial charge in [0.1, 0.15) is 0 Å². The van der Waals surface area contributed by atoms with Crippen molar-refractivity contribution in [1.29, 1.82) is 5.41 Å². The number of nitrogens with two attached hydrogens (primary N) is 1. The van der Waals surface area contributed by atoms with Crippen LogP contribution in [0.4, 0.5) is 0 Å². The highest BCUT2D eigenvalue weighted by molar-refractivity contribution is 5.66. The summed E-state index contributed by atoms with van der Waals surface area (Å²) in [6.07, 6.45) is 1.29. The van der Waals surface area contributed by atoms with Gasteiger partial charge in [0.25, 0.3) is 0 Å². The van der Waals surface area contributed by atoms with Gasteiger partial charge in [-0.1, -0.05) is 13.8 Å². The minimum atomic E-state index is -0.417. The predicted octanol–water partition coefficient (Wildman–Crippen LogP) is 1.01. The maximum absolute atomic E-state index is 6.89. The van der Waals surface area contributed by atoms with Gasteiger partial charge in [-0.15, -0.1) is 0 Å². The largest absolute Gasteiger partial charge is 0.321 e. The van der Waals surface area contributed by atoms with E-state index in [1.165, 1.54) is 6.21 Å². The molecule has 0 radical (unpaired) electrons. The molecule has 0 rings (SSSR count). The van der Waals surface area contributed by atoms with E-state index in [0.29, 0.717) is 5.92 Å². The van der Waals surface area contributed by atoms with E-state index >= 15 is 0 Å². The average molecular weight is 114 g/mol. The molecule has 0 saturated heterocycles. The molecule has 0 aromatic heterocycles. The first-order valence-electron chi connectivity index (χ1n) is 2.81. The third-order valence-corrected chi connectivity index (χ3v) is 1.56. The number of rotatable bonds is 2. The lowest BCUT2D eigenvalue weighted by atomic mass is 9.91. The predicted molar refractivity (Wildman–Crippen MR) is 36.2 cm³/mol. The first-order chi connectivity index (χ1) is 3.50. The molecule has 0 heterocycles. The van der Waals surface area contributed by atoms with Crippen molar-refractivity contribution < 1.29 is 0 Å². The van der Waals surface area contributed by atoms with Crippen LogP contribution in [-0.2, 0) is 0 Å². The van der Waals surface area contributed by atoms with Gasteiger partial charge in [-0.2, -0.15) is 0 Å². The van der Waals surface area contributed by atoms with Crippen molar-refractivity contribution in [2.45, 2.75) is 26.3 Å². The van der Waals surface area contributed by atoms with Gasteiger partial charge in [0.15, 0.2) is 0 Å². The normalized spacial score (nSPS) is 18.1. The molecule has 0 bridgehead atoms. The summed E-state index contributed by atoms with van der Waals surface area (Å²) in [5.74, 6) is 0.347. The molecule has 2 heteroatoms. The van der Waals surface area contributed by atoms with Gasteiger partial charge >= 0.3 is 0 Å². The van der Waals surface area contributed by atoms with Gasteiger partial charge in [-0.05, 0) is 12.8 Å². The van der Waals surface area contributed by atoms with Crippen LogP contribution in [0.25, 0.3) is 0 Å². The van der Waals surface area contributed by atoms with Gasteiger partial charge in [-0.25, -0.2) is 0 Å². The molecule has 0 spiro atoms. The summed E-state index contributed by atoms with van der Waals surface area (Å²) >= 11 is 0. The molecule has 8 heavy (non-hydrogen) atoms. The van der Waals surface area contributed by atoms with Crippen molar-refractivity contribution in [1.82, 2.24) is 0 Å². The van der Waals surface area contributed by atoms with E-state index in [1.54, 1.807) is 0 Å². The van der Waals surface area contributed by atoms with Gasteiger partial charge in [0.2, 0.25) is 0 Å². The van der Waals surface area contributed by atoms with Crippen molar-refractivity contribution >= 4 is 6.21 Å². The summed E-state index contributed by atoms with van der Waals surface area (Å²) in [7, 11) is 0. The van der Waals surface area contributed by atoms with Gasteiger partial charge in [-0.3, -0.25) is 0 Å². The molecular weight excluding hydrogens is 100 g/mol. The van der Waals surface area contributed by atoms with Crippen LogP contribution in [0.3, 0.4) is 0 Å². The zero-order valence-electron chi connectivity index (χ0n) is 5.73. The Labute approximate surface area is 50.6 Å². The van der Waals surface area contributed by atoms with Crippen molar-refractivity contribution in [3.8, 4) is 0 Å². The molecule has 48 valence electrons.